The van der Waals surface area contributed by atoms with Gasteiger partial charge >= 0.3 is 12.0 Å². The Kier molecular flexibility index (Phi) is 8.45. The van der Waals surface area contributed by atoms with E-state index in [4.69, 9.17) is 14.2 Å². The van der Waals surface area contributed by atoms with Crippen molar-refractivity contribution in [3.8, 4) is 11.5 Å². The van der Waals surface area contributed by atoms with Crippen LogP contribution in [-0.4, -0.2) is 75.4 Å². The molecule has 2 aromatic carbocycles. The Morgan fingerprint density at radius 2 is 1.64 bits per heavy atom. The van der Waals surface area contributed by atoms with Gasteiger partial charge in [-0.15, -0.1) is 0 Å². The van der Waals surface area contributed by atoms with E-state index in [1.807, 2.05) is 12.1 Å². The van der Waals surface area contributed by atoms with Crippen LogP contribution in [0.15, 0.2) is 59.8 Å². The number of nitrogens with one attached hydrogen (secondary N) is 2. The van der Waals surface area contributed by atoms with Crippen molar-refractivity contribution in [1.82, 2.24) is 20.4 Å². The molecule has 192 valence electrons. The molecule has 0 aliphatic carbocycles. The Balaban J connectivity index is 1.58. The lowest BCUT2D eigenvalue weighted by molar-refractivity contribution is -0.139. The minimum absolute atomic E-state index is 0.226. The van der Waals surface area contributed by atoms with Gasteiger partial charge in [0.1, 0.15) is 0 Å². The van der Waals surface area contributed by atoms with E-state index >= 15 is 0 Å². The van der Waals surface area contributed by atoms with Crippen LogP contribution in [0, 0.1) is 0 Å². The standard InChI is InChI=1S/C27H34N4O5/c1-4-36-26(32)23-21(18-31-15-13-30(14-16-31)17-19-9-6-5-7-10-19)28-27(33)29-24(23)20-11-8-12-22(34-2)25(20)35-3/h5-12,24H,4,13-18H2,1-3H3,(H2,28,29,33)/t24-/m0/s1. The topological polar surface area (TPSA) is 92.4 Å². The fourth-order valence-corrected chi connectivity index (χ4v) is 4.74. The second-order valence-corrected chi connectivity index (χ2v) is 8.76. The molecule has 0 radical (unpaired) electrons. The Morgan fingerprint density at radius 3 is 2.28 bits per heavy atom. The number of ether oxygens (including phenoxy) is 3. The molecule has 0 bridgehead atoms. The van der Waals surface area contributed by atoms with E-state index < -0.39 is 12.0 Å². The third kappa shape index (κ3) is 5.80. The molecule has 2 amide bonds. The first-order valence-corrected chi connectivity index (χ1v) is 12.2. The largest absolute Gasteiger partial charge is 0.493 e. The summed E-state index contributed by atoms with van der Waals surface area (Å²) in [5.41, 5.74) is 2.83. The van der Waals surface area contributed by atoms with Crippen LogP contribution in [0.3, 0.4) is 0 Å². The molecule has 0 unspecified atom stereocenters. The summed E-state index contributed by atoms with van der Waals surface area (Å²) >= 11 is 0. The predicted molar refractivity (Wildman–Crippen MR) is 136 cm³/mol. The maximum atomic E-state index is 13.2. The van der Waals surface area contributed by atoms with Crippen LogP contribution in [0.1, 0.15) is 24.1 Å². The number of nitrogens with zero attached hydrogens (tertiary/aromatic N) is 2. The number of methoxy groups -OCH3 is 2. The van der Waals surface area contributed by atoms with Gasteiger partial charge in [0.2, 0.25) is 0 Å². The zero-order valence-corrected chi connectivity index (χ0v) is 21.1. The number of carbonyl (C=O) groups excluding carboxylic acids is 2. The van der Waals surface area contributed by atoms with E-state index in [9.17, 15) is 9.59 Å². The summed E-state index contributed by atoms with van der Waals surface area (Å²) in [6.45, 7) is 6.77. The van der Waals surface area contributed by atoms with Crippen molar-refractivity contribution in [2.24, 2.45) is 0 Å². The molecular weight excluding hydrogens is 460 g/mol. The van der Waals surface area contributed by atoms with Crippen molar-refractivity contribution in [1.29, 1.82) is 0 Å². The molecule has 2 aliphatic rings. The highest BCUT2D eigenvalue weighted by Gasteiger charge is 2.36. The molecule has 1 saturated heterocycles. The molecule has 0 aromatic heterocycles. The first kappa shape index (κ1) is 25.5. The summed E-state index contributed by atoms with van der Waals surface area (Å²) in [5, 5.41) is 5.75. The van der Waals surface area contributed by atoms with Crippen LogP contribution in [-0.2, 0) is 16.1 Å². The van der Waals surface area contributed by atoms with Gasteiger partial charge in [-0.1, -0.05) is 42.5 Å². The van der Waals surface area contributed by atoms with Gasteiger partial charge in [-0.3, -0.25) is 9.80 Å². The van der Waals surface area contributed by atoms with Crippen molar-refractivity contribution >= 4 is 12.0 Å². The van der Waals surface area contributed by atoms with Crippen LogP contribution >= 0.6 is 0 Å². The molecule has 4 rings (SSSR count). The van der Waals surface area contributed by atoms with Gasteiger partial charge < -0.3 is 24.8 Å². The highest BCUT2D eigenvalue weighted by molar-refractivity contribution is 5.95. The first-order chi connectivity index (χ1) is 17.5. The summed E-state index contributed by atoms with van der Waals surface area (Å²) in [5.74, 6) is 0.502. The minimum Gasteiger partial charge on any atom is -0.493 e. The van der Waals surface area contributed by atoms with Gasteiger partial charge in [0.25, 0.3) is 0 Å². The first-order valence-electron chi connectivity index (χ1n) is 12.2. The average Bonchev–Trinajstić information content (AvgIpc) is 2.89. The van der Waals surface area contributed by atoms with E-state index in [1.165, 1.54) is 12.7 Å². The quantitative estimate of drug-likeness (QED) is 0.518. The maximum Gasteiger partial charge on any atom is 0.338 e. The number of carbonyl (C=O) groups is 2. The Morgan fingerprint density at radius 1 is 0.944 bits per heavy atom. The normalized spacial score (nSPS) is 18.9. The average molecular weight is 495 g/mol. The zero-order valence-electron chi connectivity index (χ0n) is 21.1. The number of esters is 1. The molecular formula is C27H34N4O5. The van der Waals surface area contributed by atoms with Crippen molar-refractivity contribution in [2.75, 3.05) is 53.6 Å². The minimum atomic E-state index is -0.739. The second-order valence-electron chi connectivity index (χ2n) is 8.76. The number of urea groups is 1. The van der Waals surface area contributed by atoms with E-state index in [-0.39, 0.29) is 12.6 Å². The molecule has 0 saturated carbocycles. The number of benzene rings is 2. The summed E-state index contributed by atoms with van der Waals surface area (Å²) < 4.78 is 16.5. The maximum absolute atomic E-state index is 13.2. The predicted octanol–water partition coefficient (Wildman–Crippen LogP) is 2.69. The lowest BCUT2D eigenvalue weighted by Crippen LogP contribution is -2.51. The van der Waals surface area contributed by atoms with Crippen molar-refractivity contribution < 1.29 is 23.8 Å². The van der Waals surface area contributed by atoms with Crippen LogP contribution in [0.5, 0.6) is 11.5 Å². The van der Waals surface area contributed by atoms with E-state index in [1.54, 1.807) is 26.2 Å². The Hall–Kier alpha value is -3.56. The van der Waals surface area contributed by atoms with Crippen LogP contribution in [0.4, 0.5) is 4.79 Å². The third-order valence-electron chi connectivity index (χ3n) is 6.49. The van der Waals surface area contributed by atoms with Crippen LogP contribution < -0.4 is 20.1 Å². The number of rotatable bonds is 9. The third-order valence-corrected chi connectivity index (χ3v) is 6.49. The molecule has 9 nitrogen and oxygen atoms in total. The number of hydrogen-bond donors (Lipinski definition) is 2. The highest BCUT2D eigenvalue weighted by Crippen LogP contribution is 2.39. The second kappa shape index (κ2) is 11.9. The van der Waals surface area contributed by atoms with E-state index in [0.29, 0.717) is 34.9 Å². The number of piperazine rings is 1. The fourth-order valence-electron chi connectivity index (χ4n) is 4.74. The SMILES string of the molecule is CCOC(=O)C1=C(CN2CCN(Cc3ccccc3)CC2)NC(=O)N[C@H]1c1cccc(OC)c1OC. The molecule has 2 aliphatic heterocycles. The molecule has 1 atom stereocenters. The number of amides is 2. The van der Waals surface area contributed by atoms with Crippen molar-refractivity contribution in [2.45, 2.75) is 19.5 Å². The van der Waals surface area contributed by atoms with Crippen molar-refractivity contribution in [3.05, 3.63) is 70.9 Å². The van der Waals surface area contributed by atoms with Gasteiger partial charge in [-0.05, 0) is 18.6 Å². The lowest BCUT2D eigenvalue weighted by atomic mass is 9.93. The van der Waals surface area contributed by atoms with Gasteiger partial charge in [-0.2, -0.15) is 0 Å². The van der Waals surface area contributed by atoms with Gasteiger partial charge in [0, 0.05) is 50.5 Å². The highest BCUT2D eigenvalue weighted by atomic mass is 16.5. The van der Waals surface area contributed by atoms with Gasteiger partial charge in [0.15, 0.2) is 11.5 Å². The van der Waals surface area contributed by atoms with Crippen LogP contribution in [0.25, 0.3) is 0 Å². The molecule has 36 heavy (non-hydrogen) atoms. The Labute approximate surface area is 212 Å². The molecule has 0 spiro atoms. The molecule has 2 N–H and O–H groups in total. The number of hydrogen-bond acceptors (Lipinski definition) is 7. The summed E-state index contributed by atoms with van der Waals surface area (Å²) in [7, 11) is 3.08. The summed E-state index contributed by atoms with van der Waals surface area (Å²) in [6.07, 6.45) is 0. The monoisotopic (exact) mass is 494 g/mol. The molecule has 2 aromatic rings. The number of para-hydroxylation sites is 1. The van der Waals surface area contributed by atoms with Crippen molar-refractivity contribution in [3.63, 3.8) is 0 Å². The summed E-state index contributed by atoms with van der Waals surface area (Å²) in [6, 6.07) is 14.7. The molecule has 2 heterocycles. The van der Waals surface area contributed by atoms with E-state index in [0.717, 1.165) is 32.7 Å². The smallest absolute Gasteiger partial charge is 0.338 e. The Bertz CT molecular complexity index is 1100. The fraction of sp³-hybridized carbons (Fsp3) is 0.407. The van der Waals surface area contributed by atoms with Gasteiger partial charge in [0.05, 0.1) is 32.4 Å². The summed E-state index contributed by atoms with van der Waals surface area (Å²) in [4.78, 5) is 30.6. The van der Waals surface area contributed by atoms with Crippen LogP contribution in [0.2, 0.25) is 0 Å². The van der Waals surface area contributed by atoms with Gasteiger partial charge in [-0.25, -0.2) is 9.59 Å². The molecule has 1 fully saturated rings. The molecule has 9 heteroatoms. The zero-order chi connectivity index (χ0) is 25.5. The lowest BCUT2D eigenvalue weighted by Gasteiger charge is -2.37. The van der Waals surface area contributed by atoms with E-state index in [2.05, 4.69) is 44.7 Å².